The molecule has 3 aliphatic rings. The largest absolute Gasteiger partial charge is 0.465 e. The number of nitrogens with zero attached hydrogens (tertiary/aromatic N) is 2. The van der Waals surface area contributed by atoms with E-state index in [0.29, 0.717) is 11.6 Å². The van der Waals surface area contributed by atoms with Gasteiger partial charge in [0.2, 0.25) is 0 Å². The van der Waals surface area contributed by atoms with E-state index in [1.54, 1.807) is 17.4 Å². The Kier molecular flexibility index (Phi) is 7.03. The minimum Gasteiger partial charge on any atom is -0.465 e. The van der Waals surface area contributed by atoms with Crippen LogP contribution in [0, 0.1) is 0 Å². The molecule has 158 valence electrons. The predicted molar refractivity (Wildman–Crippen MR) is 120 cm³/mol. The highest BCUT2D eigenvalue weighted by Crippen LogP contribution is 2.43. The Hall–Kier alpha value is -1.66. The number of likely N-dealkylation sites (tertiary alicyclic amines) is 1. The average Bonchev–Trinajstić information content (AvgIpc) is 3.12. The molecular formula is C23H33N3O2S. The number of hydrogen-bond donors (Lipinski definition) is 2. The number of fused-ring (bicyclic) bond motifs is 1. The summed E-state index contributed by atoms with van der Waals surface area (Å²) in [5, 5.41) is 12.4. The van der Waals surface area contributed by atoms with Gasteiger partial charge in [-0.2, -0.15) is 0 Å². The molecule has 29 heavy (non-hydrogen) atoms. The van der Waals surface area contributed by atoms with E-state index in [-0.39, 0.29) is 0 Å². The lowest BCUT2D eigenvalue weighted by Gasteiger charge is -2.43. The van der Waals surface area contributed by atoms with Crippen molar-refractivity contribution in [2.24, 2.45) is 0 Å². The molecule has 1 saturated heterocycles. The van der Waals surface area contributed by atoms with Crippen molar-refractivity contribution in [3.05, 3.63) is 23.2 Å². The lowest BCUT2D eigenvalue weighted by Crippen LogP contribution is -2.46. The SMILES string of the molecule is C1CCCCC1.O=C(O)Nc1ccc2nc(C3CC(N4CCCCC4)C3)sc2c1. The highest BCUT2D eigenvalue weighted by molar-refractivity contribution is 7.18. The van der Waals surface area contributed by atoms with Gasteiger partial charge in [0, 0.05) is 17.6 Å². The summed E-state index contributed by atoms with van der Waals surface area (Å²) in [4.78, 5) is 18.1. The molecule has 0 bridgehead atoms. The summed E-state index contributed by atoms with van der Waals surface area (Å²) in [7, 11) is 0. The lowest BCUT2D eigenvalue weighted by molar-refractivity contribution is 0.0888. The smallest absolute Gasteiger partial charge is 0.409 e. The van der Waals surface area contributed by atoms with E-state index in [4.69, 9.17) is 10.1 Å². The average molecular weight is 416 g/mol. The maximum Gasteiger partial charge on any atom is 0.409 e. The maximum atomic E-state index is 10.7. The Morgan fingerprint density at radius 3 is 2.24 bits per heavy atom. The van der Waals surface area contributed by atoms with Crippen LogP contribution in [0.2, 0.25) is 0 Å². The van der Waals surface area contributed by atoms with E-state index < -0.39 is 6.09 Å². The van der Waals surface area contributed by atoms with Gasteiger partial charge in [-0.1, -0.05) is 44.9 Å². The third-order valence-corrected chi connectivity index (χ3v) is 7.71. The molecule has 2 aliphatic carbocycles. The molecule has 0 atom stereocenters. The molecule has 1 aromatic carbocycles. The zero-order valence-electron chi connectivity index (χ0n) is 17.2. The fraction of sp³-hybridized carbons (Fsp3) is 0.652. The van der Waals surface area contributed by atoms with Crippen molar-refractivity contribution < 1.29 is 9.90 Å². The summed E-state index contributed by atoms with van der Waals surface area (Å²) in [5.41, 5.74) is 1.59. The zero-order chi connectivity index (χ0) is 20.1. The molecule has 2 heterocycles. The van der Waals surface area contributed by atoms with Crippen LogP contribution >= 0.6 is 11.3 Å². The van der Waals surface area contributed by atoms with Gasteiger partial charge in [-0.3, -0.25) is 5.32 Å². The van der Waals surface area contributed by atoms with Crippen LogP contribution in [0.15, 0.2) is 18.2 Å². The molecule has 5 nitrogen and oxygen atoms in total. The molecule has 1 amide bonds. The van der Waals surface area contributed by atoms with E-state index in [1.165, 1.54) is 88.7 Å². The molecule has 0 radical (unpaired) electrons. The van der Waals surface area contributed by atoms with Gasteiger partial charge in [0.15, 0.2) is 0 Å². The minimum absolute atomic E-state index is 0.579. The van der Waals surface area contributed by atoms with Crippen molar-refractivity contribution in [1.82, 2.24) is 9.88 Å². The molecule has 0 unspecified atom stereocenters. The topological polar surface area (TPSA) is 65.5 Å². The number of carbonyl (C=O) groups is 1. The van der Waals surface area contributed by atoms with Gasteiger partial charge in [-0.15, -0.1) is 11.3 Å². The standard InChI is InChI=1S/C17H21N3O2S.C6H12/c21-17(22)18-12-4-5-14-15(10-12)23-16(19-14)11-8-13(9-11)20-6-2-1-3-7-20;1-2-4-6-5-3-1/h4-5,10-11,13,18H,1-3,6-9H2,(H,21,22);1-6H2. The summed E-state index contributed by atoms with van der Waals surface area (Å²) in [6.45, 7) is 2.53. The van der Waals surface area contributed by atoms with Crippen molar-refractivity contribution in [3.8, 4) is 0 Å². The Bertz CT molecular complexity index is 794. The minimum atomic E-state index is -1.03. The van der Waals surface area contributed by atoms with Crippen LogP contribution in [0.5, 0.6) is 0 Å². The van der Waals surface area contributed by atoms with E-state index in [0.717, 1.165) is 16.3 Å². The number of piperidine rings is 1. The highest BCUT2D eigenvalue weighted by Gasteiger charge is 2.36. The highest BCUT2D eigenvalue weighted by atomic mass is 32.1. The van der Waals surface area contributed by atoms with Crippen LogP contribution in [-0.2, 0) is 0 Å². The lowest BCUT2D eigenvalue weighted by atomic mass is 9.79. The Morgan fingerprint density at radius 1 is 1.00 bits per heavy atom. The second-order valence-corrected chi connectivity index (χ2v) is 9.77. The summed E-state index contributed by atoms with van der Waals surface area (Å²) < 4.78 is 1.06. The van der Waals surface area contributed by atoms with E-state index >= 15 is 0 Å². The third kappa shape index (κ3) is 5.48. The number of carboxylic acid groups (broad SMARTS) is 1. The molecule has 1 aliphatic heterocycles. The van der Waals surface area contributed by atoms with Crippen molar-refractivity contribution in [2.45, 2.75) is 82.6 Å². The molecule has 2 N–H and O–H groups in total. The molecule has 6 heteroatoms. The number of nitrogens with one attached hydrogen (secondary N) is 1. The van der Waals surface area contributed by atoms with E-state index in [2.05, 4.69) is 10.2 Å². The van der Waals surface area contributed by atoms with Gasteiger partial charge in [-0.05, 0) is 57.0 Å². The number of thiazole rings is 1. The van der Waals surface area contributed by atoms with Crippen LogP contribution in [0.4, 0.5) is 10.5 Å². The number of amides is 1. The molecule has 2 aromatic rings. The van der Waals surface area contributed by atoms with Gasteiger partial charge in [0.05, 0.1) is 15.2 Å². The normalized spacial score (nSPS) is 25.0. The zero-order valence-corrected chi connectivity index (χ0v) is 18.1. The van der Waals surface area contributed by atoms with Crippen LogP contribution in [0.1, 0.15) is 81.6 Å². The van der Waals surface area contributed by atoms with E-state index in [1.807, 2.05) is 12.1 Å². The number of benzene rings is 1. The summed E-state index contributed by atoms with van der Waals surface area (Å²) >= 11 is 1.71. The number of anilines is 1. The molecule has 0 spiro atoms. The van der Waals surface area contributed by atoms with Crippen molar-refractivity contribution in [1.29, 1.82) is 0 Å². The first-order chi connectivity index (χ1) is 14.2. The summed E-state index contributed by atoms with van der Waals surface area (Å²) in [6, 6.07) is 6.31. The number of rotatable bonds is 3. The van der Waals surface area contributed by atoms with Crippen molar-refractivity contribution in [2.75, 3.05) is 18.4 Å². The van der Waals surface area contributed by atoms with Gasteiger partial charge in [0.25, 0.3) is 0 Å². The second kappa shape index (κ2) is 9.90. The first-order valence-electron chi connectivity index (χ1n) is 11.3. The van der Waals surface area contributed by atoms with Gasteiger partial charge < -0.3 is 10.0 Å². The van der Waals surface area contributed by atoms with Crippen LogP contribution in [-0.4, -0.2) is 40.2 Å². The summed E-state index contributed by atoms with van der Waals surface area (Å²) in [6.07, 6.45) is 14.5. The van der Waals surface area contributed by atoms with Crippen molar-refractivity contribution >= 4 is 33.3 Å². The molecule has 1 aromatic heterocycles. The molecule has 5 rings (SSSR count). The third-order valence-electron chi connectivity index (χ3n) is 6.53. The first kappa shape index (κ1) is 20.6. The van der Waals surface area contributed by atoms with Crippen LogP contribution in [0.25, 0.3) is 10.2 Å². The van der Waals surface area contributed by atoms with Crippen molar-refractivity contribution in [3.63, 3.8) is 0 Å². The first-order valence-corrected chi connectivity index (χ1v) is 12.2. The fourth-order valence-corrected chi connectivity index (χ4v) is 5.88. The second-order valence-electron chi connectivity index (χ2n) is 8.70. The Labute approximate surface area is 177 Å². The number of aromatic nitrogens is 1. The Balaban J connectivity index is 0.000000294. The molecule has 2 saturated carbocycles. The van der Waals surface area contributed by atoms with Crippen LogP contribution < -0.4 is 5.32 Å². The predicted octanol–water partition coefficient (Wildman–Crippen LogP) is 6.46. The van der Waals surface area contributed by atoms with E-state index in [9.17, 15) is 4.79 Å². The summed E-state index contributed by atoms with van der Waals surface area (Å²) in [5.74, 6) is 0.579. The monoisotopic (exact) mass is 415 g/mol. The fourth-order valence-electron chi connectivity index (χ4n) is 4.75. The Morgan fingerprint density at radius 2 is 1.62 bits per heavy atom. The van der Waals surface area contributed by atoms with Gasteiger partial charge in [0.1, 0.15) is 0 Å². The van der Waals surface area contributed by atoms with Gasteiger partial charge in [-0.25, -0.2) is 9.78 Å². The molecule has 3 fully saturated rings. The van der Waals surface area contributed by atoms with Gasteiger partial charge >= 0.3 is 6.09 Å². The molecular weight excluding hydrogens is 382 g/mol. The quantitative estimate of drug-likeness (QED) is 0.604. The maximum absolute atomic E-state index is 10.7. The van der Waals surface area contributed by atoms with Crippen LogP contribution in [0.3, 0.4) is 0 Å². The number of hydrogen-bond acceptors (Lipinski definition) is 4.